The molecule has 1 atom stereocenters. The first-order chi connectivity index (χ1) is 12.2. The van der Waals surface area contributed by atoms with E-state index in [2.05, 4.69) is 24.8 Å². The van der Waals surface area contributed by atoms with Crippen molar-refractivity contribution in [3.05, 3.63) is 60.1 Å². The lowest BCUT2D eigenvalue weighted by molar-refractivity contribution is 0.189. The van der Waals surface area contributed by atoms with Crippen LogP contribution in [0.25, 0.3) is 11.4 Å². The first-order valence-electron chi connectivity index (χ1n) is 8.22. The average molecular weight is 334 g/mol. The van der Waals surface area contributed by atoms with Crippen molar-refractivity contribution < 1.29 is 5.11 Å². The summed E-state index contributed by atoms with van der Waals surface area (Å²) in [6.07, 6.45) is 7.21. The van der Waals surface area contributed by atoms with Crippen LogP contribution in [-0.2, 0) is 13.0 Å². The molecule has 0 saturated carbocycles. The summed E-state index contributed by atoms with van der Waals surface area (Å²) in [7, 11) is 0. The van der Waals surface area contributed by atoms with Gasteiger partial charge in [0.2, 0.25) is 0 Å². The molecule has 3 aromatic rings. The van der Waals surface area contributed by atoms with Crippen molar-refractivity contribution in [2.24, 2.45) is 0 Å². The molecule has 25 heavy (non-hydrogen) atoms. The van der Waals surface area contributed by atoms with Gasteiger partial charge in [-0.05, 0) is 25.1 Å². The van der Waals surface area contributed by atoms with Crippen molar-refractivity contribution in [2.45, 2.75) is 26.0 Å². The van der Waals surface area contributed by atoms with Crippen LogP contribution >= 0.6 is 0 Å². The van der Waals surface area contributed by atoms with Gasteiger partial charge in [0.1, 0.15) is 11.9 Å². The Morgan fingerprint density at radius 1 is 1.08 bits per heavy atom. The molecule has 0 aromatic carbocycles. The minimum absolute atomic E-state index is 0.438. The Morgan fingerprint density at radius 3 is 2.72 bits per heavy atom. The lowest BCUT2D eigenvalue weighted by Crippen LogP contribution is -2.32. The minimum atomic E-state index is -0.678. The minimum Gasteiger partial charge on any atom is -0.385 e. The number of aliphatic hydroxyl groups is 1. The van der Waals surface area contributed by atoms with E-state index in [4.69, 9.17) is 4.98 Å². The lowest BCUT2D eigenvalue weighted by Gasteiger charge is -2.29. The second-order valence-corrected chi connectivity index (χ2v) is 6.02. The number of aromatic nitrogens is 5. The number of fused-ring (bicyclic) bond motifs is 1. The summed E-state index contributed by atoms with van der Waals surface area (Å²) in [6.45, 7) is 3.18. The zero-order valence-electron chi connectivity index (χ0n) is 13.9. The molecule has 1 N–H and O–H groups in total. The Kier molecular flexibility index (Phi) is 4.07. The quantitative estimate of drug-likeness (QED) is 0.783. The predicted octanol–water partition coefficient (Wildman–Crippen LogP) is 1.94. The maximum Gasteiger partial charge on any atom is 0.159 e. The third-order valence-electron chi connectivity index (χ3n) is 4.23. The number of nitrogens with zero attached hydrogens (tertiary/aromatic N) is 6. The summed E-state index contributed by atoms with van der Waals surface area (Å²) in [4.78, 5) is 24.0. The lowest BCUT2D eigenvalue weighted by atomic mass is 10.1. The van der Waals surface area contributed by atoms with Crippen LogP contribution in [0.1, 0.15) is 30.1 Å². The maximum absolute atomic E-state index is 9.68. The summed E-state index contributed by atoms with van der Waals surface area (Å²) in [5.74, 6) is 1.98. The van der Waals surface area contributed by atoms with Gasteiger partial charge in [-0.15, -0.1) is 0 Å². The number of pyridine rings is 1. The van der Waals surface area contributed by atoms with Crippen LogP contribution in [-0.4, -0.2) is 36.6 Å². The van der Waals surface area contributed by atoms with Crippen molar-refractivity contribution in [1.82, 2.24) is 24.9 Å². The molecule has 3 aromatic heterocycles. The van der Waals surface area contributed by atoms with Gasteiger partial charge in [-0.2, -0.15) is 0 Å². The van der Waals surface area contributed by atoms with Crippen molar-refractivity contribution in [1.29, 1.82) is 0 Å². The number of anilines is 1. The van der Waals surface area contributed by atoms with Crippen molar-refractivity contribution >= 4 is 5.82 Å². The van der Waals surface area contributed by atoms with E-state index in [1.54, 1.807) is 25.5 Å². The fourth-order valence-corrected chi connectivity index (χ4v) is 2.89. The van der Waals surface area contributed by atoms with Crippen LogP contribution in [0.4, 0.5) is 5.82 Å². The molecule has 0 fully saturated rings. The normalized spacial score (nSPS) is 14.9. The average Bonchev–Trinajstić information content (AvgIpc) is 2.68. The molecule has 0 amide bonds. The Labute approximate surface area is 145 Å². The molecule has 4 heterocycles. The molecular weight excluding hydrogens is 316 g/mol. The summed E-state index contributed by atoms with van der Waals surface area (Å²) >= 11 is 0. The van der Waals surface area contributed by atoms with Crippen LogP contribution in [0.15, 0.2) is 43.0 Å². The van der Waals surface area contributed by atoms with Gasteiger partial charge in [0.05, 0.1) is 5.69 Å². The highest BCUT2D eigenvalue weighted by molar-refractivity contribution is 5.54. The molecule has 0 bridgehead atoms. The van der Waals surface area contributed by atoms with Gasteiger partial charge in [-0.1, -0.05) is 0 Å². The van der Waals surface area contributed by atoms with Crippen molar-refractivity contribution in [3.8, 4) is 11.4 Å². The highest BCUT2D eigenvalue weighted by Crippen LogP contribution is 2.24. The van der Waals surface area contributed by atoms with E-state index >= 15 is 0 Å². The van der Waals surface area contributed by atoms with Gasteiger partial charge in [0, 0.05) is 55.4 Å². The molecule has 0 radical (unpaired) electrons. The summed E-state index contributed by atoms with van der Waals surface area (Å²) in [5, 5.41) is 9.68. The smallest absolute Gasteiger partial charge is 0.159 e. The van der Waals surface area contributed by atoms with Crippen molar-refractivity contribution in [2.75, 3.05) is 11.4 Å². The van der Waals surface area contributed by atoms with Crippen LogP contribution in [0, 0.1) is 0 Å². The number of hydrogen-bond donors (Lipinski definition) is 1. The molecule has 1 aliphatic rings. The van der Waals surface area contributed by atoms with E-state index in [9.17, 15) is 5.11 Å². The third-order valence-corrected chi connectivity index (χ3v) is 4.23. The number of hydrogen-bond acceptors (Lipinski definition) is 7. The summed E-state index contributed by atoms with van der Waals surface area (Å²) in [6, 6.07) is 5.69. The molecule has 7 heteroatoms. The Hall–Kier alpha value is -2.93. The first kappa shape index (κ1) is 15.6. The SMILES string of the molecule is CC(O)c1nccc(N2CCc3nc(-c4ccncc4)ncc3C2)n1. The van der Waals surface area contributed by atoms with E-state index in [0.29, 0.717) is 12.4 Å². The molecule has 0 aliphatic carbocycles. The van der Waals surface area contributed by atoms with E-state index in [1.165, 1.54) is 0 Å². The second-order valence-electron chi connectivity index (χ2n) is 6.02. The van der Waals surface area contributed by atoms with Crippen LogP contribution in [0.5, 0.6) is 0 Å². The van der Waals surface area contributed by atoms with Crippen LogP contribution in [0.2, 0.25) is 0 Å². The van der Waals surface area contributed by atoms with E-state index < -0.39 is 6.10 Å². The number of aliphatic hydroxyl groups excluding tert-OH is 1. The Bertz CT molecular complexity index is 884. The van der Waals surface area contributed by atoms with Gasteiger partial charge in [-0.25, -0.2) is 19.9 Å². The van der Waals surface area contributed by atoms with E-state index in [1.807, 2.05) is 24.4 Å². The zero-order valence-corrected chi connectivity index (χ0v) is 13.9. The largest absolute Gasteiger partial charge is 0.385 e. The molecule has 0 spiro atoms. The zero-order chi connectivity index (χ0) is 17.2. The van der Waals surface area contributed by atoms with Gasteiger partial charge < -0.3 is 10.0 Å². The highest BCUT2D eigenvalue weighted by atomic mass is 16.3. The fraction of sp³-hybridized carbons (Fsp3) is 0.278. The number of rotatable bonds is 3. The highest BCUT2D eigenvalue weighted by Gasteiger charge is 2.20. The topological polar surface area (TPSA) is 87.9 Å². The van der Waals surface area contributed by atoms with Crippen LogP contribution in [0.3, 0.4) is 0 Å². The van der Waals surface area contributed by atoms with Gasteiger partial charge in [0.25, 0.3) is 0 Å². The summed E-state index contributed by atoms with van der Waals surface area (Å²) in [5.41, 5.74) is 3.14. The monoisotopic (exact) mass is 334 g/mol. The Morgan fingerprint density at radius 2 is 1.92 bits per heavy atom. The molecule has 1 aliphatic heterocycles. The molecule has 4 rings (SSSR count). The van der Waals surface area contributed by atoms with Crippen molar-refractivity contribution in [3.63, 3.8) is 0 Å². The molecule has 1 unspecified atom stereocenters. The third kappa shape index (κ3) is 3.18. The van der Waals surface area contributed by atoms with E-state index in [-0.39, 0.29) is 0 Å². The Balaban J connectivity index is 1.59. The predicted molar refractivity (Wildman–Crippen MR) is 92.7 cm³/mol. The van der Waals surface area contributed by atoms with Crippen LogP contribution < -0.4 is 4.90 Å². The van der Waals surface area contributed by atoms with Gasteiger partial charge in [0.15, 0.2) is 11.6 Å². The second kappa shape index (κ2) is 6.52. The fourth-order valence-electron chi connectivity index (χ4n) is 2.89. The van der Waals surface area contributed by atoms with E-state index in [0.717, 1.165) is 41.4 Å². The van der Waals surface area contributed by atoms with Gasteiger partial charge in [-0.3, -0.25) is 4.98 Å². The molecular formula is C18H18N6O. The molecule has 0 saturated heterocycles. The van der Waals surface area contributed by atoms with Gasteiger partial charge >= 0.3 is 0 Å². The molecule has 7 nitrogen and oxygen atoms in total. The standard InChI is InChI=1S/C18H18N6O/c1-12(25)17-20-8-4-16(23-17)24-9-5-15-14(11-24)10-21-18(22-15)13-2-6-19-7-3-13/h2-4,6-8,10,12,25H,5,9,11H2,1H3. The maximum atomic E-state index is 9.68. The summed E-state index contributed by atoms with van der Waals surface area (Å²) < 4.78 is 0. The first-order valence-corrected chi connectivity index (χ1v) is 8.22. The molecule has 126 valence electrons.